The summed E-state index contributed by atoms with van der Waals surface area (Å²) in [6.45, 7) is 10.8. The summed E-state index contributed by atoms with van der Waals surface area (Å²) >= 11 is 0. The van der Waals surface area contributed by atoms with Crippen molar-refractivity contribution in [1.29, 1.82) is 0 Å². The van der Waals surface area contributed by atoms with Gasteiger partial charge in [0.05, 0.1) is 12.7 Å². The van der Waals surface area contributed by atoms with E-state index in [1.54, 1.807) is 0 Å². The highest BCUT2D eigenvalue weighted by Crippen LogP contribution is 2.20. The molecule has 2 rings (SSSR count). The van der Waals surface area contributed by atoms with Crippen LogP contribution in [0.4, 0.5) is 0 Å². The van der Waals surface area contributed by atoms with Gasteiger partial charge in [-0.2, -0.15) is 4.98 Å². The molecule has 1 saturated carbocycles. The molecule has 0 aliphatic heterocycles. The first-order chi connectivity index (χ1) is 12.5. The molecule has 0 radical (unpaired) electrons. The lowest BCUT2D eigenvalue weighted by molar-refractivity contribution is 0.0468. The van der Waals surface area contributed by atoms with E-state index in [1.165, 1.54) is 38.5 Å². The number of rotatable bonds is 7. The maximum absolute atomic E-state index is 6.01. The van der Waals surface area contributed by atoms with Crippen molar-refractivity contribution in [2.24, 2.45) is 4.99 Å². The Hall–Kier alpha value is -0.900. The van der Waals surface area contributed by atoms with Gasteiger partial charge in [-0.05, 0) is 19.8 Å². The van der Waals surface area contributed by atoms with Crippen molar-refractivity contribution in [2.45, 2.75) is 84.3 Å². The van der Waals surface area contributed by atoms with Crippen LogP contribution in [0.15, 0.2) is 9.52 Å². The number of halogens is 1. The van der Waals surface area contributed by atoms with Crippen LogP contribution in [-0.2, 0) is 16.7 Å². The van der Waals surface area contributed by atoms with Gasteiger partial charge in [0.1, 0.15) is 6.54 Å². The number of ether oxygens (including phenoxy) is 1. The van der Waals surface area contributed by atoms with E-state index in [0.717, 1.165) is 19.0 Å². The summed E-state index contributed by atoms with van der Waals surface area (Å²) in [5, 5.41) is 10.6. The van der Waals surface area contributed by atoms with Crippen molar-refractivity contribution >= 4 is 29.9 Å². The highest BCUT2D eigenvalue weighted by Gasteiger charge is 2.21. The van der Waals surface area contributed by atoms with Crippen molar-refractivity contribution in [1.82, 2.24) is 20.8 Å². The van der Waals surface area contributed by atoms with E-state index in [2.05, 4.69) is 25.8 Å². The molecular formula is C19H36IN5O2. The molecule has 0 unspecified atom stereocenters. The molecule has 1 fully saturated rings. The average Bonchev–Trinajstić information content (AvgIpc) is 2.93. The first-order valence-electron chi connectivity index (χ1n) is 9.96. The Morgan fingerprint density at radius 1 is 1.19 bits per heavy atom. The van der Waals surface area contributed by atoms with Gasteiger partial charge < -0.3 is 19.9 Å². The fraction of sp³-hybridized carbons (Fsp3) is 0.842. The second-order valence-corrected chi connectivity index (χ2v) is 7.87. The standard InChI is InChI=1S/C19H35N5O2.HI/c1-5-20-18(21-12-13-25-15-10-8-6-7-9-11-15)22-14-16-23-17(26-24-16)19(2,3)4;/h15H,5-14H2,1-4H3,(H2,20,21,22);1H. The first-order valence-corrected chi connectivity index (χ1v) is 9.96. The van der Waals surface area contributed by atoms with Gasteiger partial charge in [0.25, 0.3) is 0 Å². The Balaban J connectivity index is 0.00000364. The van der Waals surface area contributed by atoms with Crippen molar-refractivity contribution in [2.75, 3.05) is 19.7 Å². The van der Waals surface area contributed by atoms with Crippen LogP contribution in [-0.4, -0.2) is 41.9 Å². The molecule has 27 heavy (non-hydrogen) atoms. The topological polar surface area (TPSA) is 84.6 Å². The molecule has 1 aliphatic rings. The van der Waals surface area contributed by atoms with E-state index in [9.17, 15) is 0 Å². The number of hydrogen-bond acceptors (Lipinski definition) is 5. The van der Waals surface area contributed by atoms with E-state index < -0.39 is 0 Å². The zero-order valence-corrected chi connectivity index (χ0v) is 19.5. The van der Waals surface area contributed by atoms with E-state index in [4.69, 9.17) is 9.26 Å². The van der Waals surface area contributed by atoms with Crippen molar-refractivity contribution in [3.8, 4) is 0 Å². The number of aromatic nitrogens is 2. The van der Waals surface area contributed by atoms with Crippen molar-refractivity contribution in [3.63, 3.8) is 0 Å². The molecule has 156 valence electrons. The summed E-state index contributed by atoms with van der Waals surface area (Å²) in [7, 11) is 0. The first kappa shape index (κ1) is 24.1. The van der Waals surface area contributed by atoms with Crippen LogP contribution < -0.4 is 10.6 Å². The Kier molecular flexibility index (Phi) is 11.2. The summed E-state index contributed by atoms with van der Waals surface area (Å²) in [5.74, 6) is 1.98. The van der Waals surface area contributed by atoms with Crippen molar-refractivity contribution in [3.05, 3.63) is 11.7 Å². The molecule has 1 aromatic heterocycles. The van der Waals surface area contributed by atoms with Gasteiger partial charge in [-0.3, -0.25) is 0 Å². The Bertz CT molecular complexity index is 549. The summed E-state index contributed by atoms with van der Waals surface area (Å²) in [5.41, 5.74) is -0.146. The zero-order chi connectivity index (χ0) is 18.8. The second-order valence-electron chi connectivity index (χ2n) is 7.87. The smallest absolute Gasteiger partial charge is 0.232 e. The zero-order valence-electron chi connectivity index (χ0n) is 17.2. The highest BCUT2D eigenvalue weighted by molar-refractivity contribution is 14.0. The van der Waals surface area contributed by atoms with Gasteiger partial charge in [0.2, 0.25) is 5.89 Å². The van der Waals surface area contributed by atoms with Gasteiger partial charge in [-0.15, -0.1) is 24.0 Å². The lowest BCUT2D eigenvalue weighted by Crippen LogP contribution is -2.39. The number of hydrogen-bond donors (Lipinski definition) is 2. The molecule has 0 spiro atoms. The third-order valence-corrected chi connectivity index (χ3v) is 4.38. The third kappa shape index (κ3) is 9.23. The summed E-state index contributed by atoms with van der Waals surface area (Å²) < 4.78 is 11.3. The lowest BCUT2D eigenvalue weighted by Gasteiger charge is -2.16. The Morgan fingerprint density at radius 3 is 2.48 bits per heavy atom. The minimum absolute atomic E-state index is 0. The van der Waals surface area contributed by atoms with E-state index in [1.807, 2.05) is 27.7 Å². The van der Waals surface area contributed by atoms with Crippen molar-refractivity contribution < 1.29 is 9.26 Å². The molecule has 0 aromatic carbocycles. The predicted molar refractivity (Wildman–Crippen MR) is 119 cm³/mol. The molecule has 7 nitrogen and oxygen atoms in total. The maximum atomic E-state index is 6.01. The van der Waals surface area contributed by atoms with Crippen LogP contribution >= 0.6 is 24.0 Å². The summed E-state index contributed by atoms with van der Waals surface area (Å²) in [6, 6.07) is 0. The SMILES string of the molecule is CCNC(=NCc1noc(C(C)(C)C)n1)NCCOC1CCCCCC1.I. The van der Waals surface area contributed by atoms with Crippen LogP contribution in [0.3, 0.4) is 0 Å². The third-order valence-electron chi connectivity index (χ3n) is 4.38. The lowest BCUT2D eigenvalue weighted by atomic mass is 9.97. The molecule has 8 heteroatoms. The fourth-order valence-electron chi connectivity index (χ4n) is 2.92. The quantitative estimate of drug-likeness (QED) is 0.198. The van der Waals surface area contributed by atoms with Gasteiger partial charge in [-0.25, -0.2) is 4.99 Å². The molecule has 0 amide bonds. The number of nitrogens with zero attached hydrogens (tertiary/aromatic N) is 3. The van der Waals surface area contributed by atoms with Crippen LogP contribution in [0.5, 0.6) is 0 Å². The molecule has 0 bridgehead atoms. The van der Waals surface area contributed by atoms with Gasteiger partial charge in [-0.1, -0.05) is 51.6 Å². The molecule has 0 atom stereocenters. The minimum Gasteiger partial charge on any atom is -0.376 e. The van der Waals surface area contributed by atoms with Crippen LogP contribution in [0, 0.1) is 0 Å². The van der Waals surface area contributed by atoms with Crippen LogP contribution in [0.2, 0.25) is 0 Å². The average molecular weight is 493 g/mol. The highest BCUT2D eigenvalue weighted by atomic mass is 127. The Morgan fingerprint density at radius 2 is 1.89 bits per heavy atom. The van der Waals surface area contributed by atoms with E-state index in [0.29, 0.717) is 31.0 Å². The number of guanidine groups is 1. The summed E-state index contributed by atoms with van der Waals surface area (Å²) in [6.07, 6.45) is 8.11. The van der Waals surface area contributed by atoms with Gasteiger partial charge >= 0.3 is 0 Å². The molecule has 1 aliphatic carbocycles. The summed E-state index contributed by atoms with van der Waals surface area (Å²) in [4.78, 5) is 8.95. The second kappa shape index (κ2) is 12.5. The monoisotopic (exact) mass is 493 g/mol. The van der Waals surface area contributed by atoms with Crippen LogP contribution in [0.1, 0.15) is 77.9 Å². The van der Waals surface area contributed by atoms with E-state index >= 15 is 0 Å². The fourth-order valence-corrected chi connectivity index (χ4v) is 2.92. The normalized spacial score (nSPS) is 16.5. The molecule has 1 heterocycles. The molecule has 1 aromatic rings. The van der Waals surface area contributed by atoms with Crippen LogP contribution in [0.25, 0.3) is 0 Å². The van der Waals surface area contributed by atoms with E-state index in [-0.39, 0.29) is 29.4 Å². The predicted octanol–water partition coefficient (Wildman–Crippen LogP) is 3.78. The molecular weight excluding hydrogens is 457 g/mol. The number of nitrogens with one attached hydrogen (secondary N) is 2. The number of aliphatic imine (C=N–C) groups is 1. The van der Waals surface area contributed by atoms with Gasteiger partial charge in [0.15, 0.2) is 11.8 Å². The minimum atomic E-state index is -0.146. The maximum Gasteiger partial charge on any atom is 0.232 e. The molecule has 2 N–H and O–H groups in total. The molecule has 0 saturated heterocycles. The largest absolute Gasteiger partial charge is 0.376 e. The van der Waals surface area contributed by atoms with Gasteiger partial charge in [0, 0.05) is 18.5 Å². The Labute approximate surface area is 180 Å².